The molecule has 0 saturated carbocycles. The summed E-state index contributed by atoms with van der Waals surface area (Å²) in [4.78, 5) is 11.9. The number of halogens is 3. The molecule has 0 aliphatic heterocycles. The van der Waals surface area contributed by atoms with E-state index in [2.05, 4.69) is 58.3 Å². The minimum absolute atomic E-state index is 0.0857. The molecule has 2 rings (SSSR count). The second-order valence-corrected chi connectivity index (χ2v) is 6.66. The van der Waals surface area contributed by atoms with Crippen LogP contribution in [0.3, 0.4) is 0 Å². The molecule has 0 bridgehead atoms. The fourth-order valence-electron chi connectivity index (χ4n) is 1.49. The number of hydrogen-bond acceptors (Lipinski definition) is 3. The zero-order valence-electron chi connectivity index (χ0n) is 10.5. The average Bonchev–Trinajstić information content (AvgIpc) is 2.45. The van der Waals surface area contributed by atoms with Crippen LogP contribution >= 0.6 is 47.8 Å². The van der Waals surface area contributed by atoms with E-state index in [1.54, 1.807) is 36.4 Å². The van der Waals surface area contributed by atoms with Crippen molar-refractivity contribution < 1.29 is 9.90 Å². The van der Waals surface area contributed by atoms with Gasteiger partial charge in [0.2, 0.25) is 0 Å². The summed E-state index contributed by atoms with van der Waals surface area (Å²) in [5.41, 5.74) is 3.38. The monoisotopic (exact) mass is 474 g/mol. The van der Waals surface area contributed by atoms with Crippen molar-refractivity contribution >= 4 is 59.9 Å². The minimum Gasteiger partial charge on any atom is -0.507 e. The molecular formula is C14H9Br3N2O2. The lowest BCUT2D eigenvalue weighted by Gasteiger charge is -2.02. The second-order valence-electron chi connectivity index (χ2n) is 4.03. The van der Waals surface area contributed by atoms with Crippen LogP contribution in [0.5, 0.6) is 5.75 Å². The van der Waals surface area contributed by atoms with Crippen molar-refractivity contribution in [1.29, 1.82) is 0 Å². The summed E-state index contributed by atoms with van der Waals surface area (Å²) in [6, 6.07) is 10.1. The zero-order valence-corrected chi connectivity index (χ0v) is 15.2. The number of hydrazone groups is 1. The lowest BCUT2D eigenvalue weighted by atomic mass is 10.2. The molecule has 7 heteroatoms. The molecule has 0 radical (unpaired) electrons. The molecule has 0 unspecified atom stereocenters. The highest BCUT2D eigenvalue weighted by molar-refractivity contribution is 9.13. The predicted molar refractivity (Wildman–Crippen MR) is 92.7 cm³/mol. The van der Waals surface area contributed by atoms with E-state index in [0.29, 0.717) is 11.1 Å². The van der Waals surface area contributed by atoms with Crippen LogP contribution < -0.4 is 5.43 Å². The highest BCUT2D eigenvalue weighted by Gasteiger charge is 2.06. The van der Waals surface area contributed by atoms with Gasteiger partial charge in [-0.25, -0.2) is 5.43 Å². The molecule has 0 heterocycles. The highest BCUT2D eigenvalue weighted by Crippen LogP contribution is 2.23. The molecule has 108 valence electrons. The molecular weight excluding hydrogens is 468 g/mol. The molecule has 21 heavy (non-hydrogen) atoms. The van der Waals surface area contributed by atoms with Crippen molar-refractivity contribution in [1.82, 2.24) is 5.43 Å². The van der Waals surface area contributed by atoms with Crippen LogP contribution in [0.25, 0.3) is 0 Å². The molecule has 4 nitrogen and oxygen atoms in total. The number of nitrogens with one attached hydrogen (secondary N) is 1. The van der Waals surface area contributed by atoms with Crippen molar-refractivity contribution in [2.24, 2.45) is 5.10 Å². The average molecular weight is 477 g/mol. The van der Waals surface area contributed by atoms with E-state index in [0.717, 1.165) is 13.4 Å². The number of amides is 1. The van der Waals surface area contributed by atoms with Gasteiger partial charge >= 0.3 is 0 Å². The number of phenols is 1. The molecule has 2 aromatic rings. The van der Waals surface area contributed by atoms with Crippen molar-refractivity contribution in [3.8, 4) is 5.75 Å². The second kappa shape index (κ2) is 7.20. The largest absolute Gasteiger partial charge is 0.507 e. The first-order valence-corrected chi connectivity index (χ1v) is 8.12. The Balaban J connectivity index is 2.08. The first kappa shape index (κ1) is 16.2. The smallest absolute Gasteiger partial charge is 0.271 e. The summed E-state index contributed by atoms with van der Waals surface area (Å²) in [7, 11) is 0. The summed E-state index contributed by atoms with van der Waals surface area (Å²) in [6.07, 6.45) is 1.38. The van der Waals surface area contributed by atoms with Gasteiger partial charge in [0.1, 0.15) is 5.75 Å². The number of aromatic hydroxyl groups is 1. The normalized spacial score (nSPS) is 10.8. The van der Waals surface area contributed by atoms with Gasteiger partial charge in [0, 0.05) is 24.5 Å². The van der Waals surface area contributed by atoms with Crippen LogP contribution in [0.4, 0.5) is 0 Å². The molecule has 2 aromatic carbocycles. The summed E-state index contributed by atoms with van der Waals surface area (Å²) in [6.45, 7) is 0. The lowest BCUT2D eigenvalue weighted by molar-refractivity contribution is 0.0955. The molecule has 0 aromatic heterocycles. The minimum atomic E-state index is -0.339. The van der Waals surface area contributed by atoms with Crippen LogP contribution in [-0.2, 0) is 0 Å². The fourth-order valence-corrected chi connectivity index (χ4v) is 2.50. The van der Waals surface area contributed by atoms with Gasteiger partial charge < -0.3 is 5.11 Å². The van der Waals surface area contributed by atoms with Crippen molar-refractivity contribution in [3.63, 3.8) is 0 Å². The van der Waals surface area contributed by atoms with Gasteiger partial charge in [0.25, 0.3) is 5.91 Å². The van der Waals surface area contributed by atoms with E-state index < -0.39 is 0 Å². The summed E-state index contributed by atoms with van der Waals surface area (Å²) in [5.74, 6) is -0.253. The number of phenolic OH excluding ortho intramolecular Hbond substituents is 1. The number of nitrogens with zero attached hydrogens (tertiary/aromatic N) is 1. The maximum Gasteiger partial charge on any atom is 0.271 e. The molecule has 2 N–H and O–H groups in total. The Kier molecular flexibility index (Phi) is 5.55. The fraction of sp³-hybridized carbons (Fsp3) is 0. The Hall–Kier alpha value is -1.18. The molecule has 0 saturated heterocycles. The van der Waals surface area contributed by atoms with Gasteiger partial charge in [-0.05, 0) is 68.3 Å². The van der Waals surface area contributed by atoms with Crippen molar-refractivity contribution in [3.05, 3.63) is 60.9 Å². The molecule has 0 spiro atoms. The van der Waals surface area contributed by atoms with Crippen LogP contribution in [0.2, 0.25) is 0 Å². The van der Waals surface area contributed by atoms with Gasteiger partial charge in [-0.15, -0.1) is 0 Å². The van der Waals surface area contributed by atoms with Crippen LogP contribution in [0, 0.1) is 0 Å². The van der Waals surface area contributed by atoms with Gasteiger partial charge in [0.15, 0.2) is 0 Å². The van der Waals surface area contributed by atoms with E-state index in [-0.39, 0.29) is 11.7 Å². The maximum absolute atomic E-state index is 11.9. The quantitative estimate of drug-likeness (QED) is 0.508. The Morgan fingerprint density at radius 2 is 1.86 bits per heavy atom. The van der Waals surface area contributed by atoms with Gasteiger partial charge in [-0.1, -0.05) is 15.9 Å². The Labute approximate surface area is 146 Å². The zero-order chi connectivity index (χ0) is 15.4. The third kappa shape index (κ3) is 4.39. The Morgan fingerprint density at radius 3 is 2.57 bits per heavy atom. The standard InChI is InChI=1S/C14H9Br3N2O2/c15-10-2-4-13(20)9(5-10)7-18-19-14(21)8-1-3-11(16)12(17)6-8/h1-7,20H,(H,19,21). The summed E-state index contributed by atoms with van der Waals surface area (Å²) in [5, 5.41) is 13.5. The van der Waals surface area contributed by atoms with Crippen molar-refractivity contribution in [2.75, 3.05) is 0 Å². The number of carbonyl (C=O) groups is 1. The maximum atomic E-state index is 11.9. The lowest BCUT2D eigenvalue weighted by Crippen LogP contribution is -2.17. The van der Waals surface area contributed by atoms with Crippen molar-refractivity contribution in [2.45, 2.75) is 0 Å². The van der Waals surface area contributed by atoms with Crippen LogP contribution in [-0.4, -0.2) is 17.2 Å². The first-order chi connectivity index (χ1) is 9.97. The third-order valence-corrected chi connectivity index (χ3v) is 4.91. The molecule has 0 fully saturated rings. The number of benzene rings is 2. The SMILES string of the molecule is O=C(NN=Cc1cc(Br)ccc1O)c1ccc(Br)c(Br)c1. The summed E-state index contributed by atoms with van der Waals surface area (Å²) >= 11 is 9.97. The number of rotatable bonds is 3. The van der Waals surface area contributed by atoms with E-state index in [4.69, 9.17) is 0 Å². The first-order valence-electron chi connectivity index (χ1n) is 5.74. The van der Waals surface area contributed by atoms with E-state index >= 15 is 0 Å². The molecule has 0 aliphatic carbocycles. The van der Waals surface area contributed by atoms with E-state index in [9.17, 15) is 9.90 Å². The molecule has 0 aliphatic rings. The number of carbonyl (C=O) groups excluding carboxylic acids is 1. The highest BCUT2D eigenvalue weighted by atomic mass is 79.9. The van der Waals surface area contributed by atoms with Gasteiger partial charge in [-0.2, -0.15) is 5.10 Å². The van der Waals surface area contributed by atoms with Gasteiger partial charge in [0.05, 0.1) is 6.21 Å². The van der Waals surface area contributed by atoms with E-state index in [1.807, 2.05) is 0 Å². The predicted octanol–water partition coefficient (Wildman–Crippen LogP) is 4.44. The topological polar surface area (TPSA) is 61.7 Å². The molecule has 0 atom stereocenters. The Bertz CT molecular complexity index is 717. The summed E-state index contributed by atoms with van der Waals surface area (Å²) < 4.78 is 2.45. The van der Waals surface area contributed by atoms with Gasteiger partial charge in [-0.3, -0.25) is 4.79 Å². The third-order valence-electron chi connectivity index (χ3n) is 2.54. The van der Waals surface area contributed by atoms with E-state index in [1.165, 1.54) is 6.21 Å². The Morgan fingerprint density at radius 1 is 1.10 bits per heavy atom. The molecule has 1 amide bonds. The van der Waals surface area contributed by atoms with Crippen LogP contribution in [0.15, 0.2) is 54.9 Å². The van der Waals surface area contributed by atoms with Crippen LogP contribution in [0.1, 0.15) is 15.9 Å². The number of hydrogen-bond donors (Lipinski definition) is 2.